The van der Waals surface area contributed by atoms with E-state index in [4.69, 9.17) is 0 Å². The molecule has 0 N–H and O–H groups in total. The first kappa shape index (κ1) is 12.1. The summed E-state index contributed by atoms with van der Waals surface area (Å²) in [5.74, 6) is 0. The zero-order chi connectivity index (χ0) is 14.1. The summed E-state index contributed by atoms with van der Waals surface area (Å²) >= 11 is 0. The summed E-state index contributed by atoms with van der Waals surface area (Å²) in [5, 5.41) is 0. The van der Waals surface area contributed by atoms with Gasteiger partial charge in [0.05, 0.1) is 5.56 Å². The molecule has 2 aromatic carbocycles. The summed E-state index contributed by atoms with van der Waals surface area (Å²) in [6.07, 6.45) is 6.50. The summed E-state index contributed by atoms with van der Waals surface area (Å²) < 4.78 is 2.30. The summed E-state index contributed by atoms with van der Waals surface area (Å²) in [5.41, 5.74) is 6.55. The molecule has 0 radical (unpaired) electrons. The van der Waals surface area contributed by atoms with Crippen LogP contribution in [-0.2, 0) is 6.54 Å². The van der Waals surface area contributed by atoms with Crippen LogP contribution in [-0.4, -0.2) is 0 Å². The molecule has 0 spiro atoms. The molecule has 1 heteroatoms. The van der Waals surface area contributed by atoms with Crippen molar-refractivity contribution in [3.05, 3.63) is 89.6 Å². The second-order valence-electron chi connectivity index (χ2n) is 5.37. The topological polar surface area (TPSA) is 3.88 Å². The van der Waals surface area contributed by atoms with Crippen molar-refractivity contribution in [3.8, 4) is 11.3 Å². The maximum atomic E-state index is 2.30. The molecule has 1 aliphatic rings. The smallest absolute Gasteiger partial charge is 0.194 e. The molecule has 0 aliphatic carbocycles. The second-order valence-corrected chi connectivity index (χ2v) is 5.37. The Morgan fingerprint density at radius 1 is 0.762 bits per heavy atom. The summed E-state index contributed by atoms with van der Waals surface area (Å²) in [7, 11) is 0. The predicted octanol–water partition coefficient (Wildman–Crippen LogP) is 4.17. The van der Waals surface area contributed by atoms with Crippen molar-refractivity contribution in [3.63, 3.8) is 0 Å². The van der Waals surface area contributed by atoms with Crippen molar-refractivity contribution < 1.29 is 4.57 Å². The van der Waals surface area contributed by atoms with Crippen LogP contribution in [0.2, 0.25) is 0 Å². The fourth-order valence-electron chi connectivity index (χ4n) is 2.90. The van der Waals surface area contributed by atoms with Crippen molar-refractivity contribution in [2.24, 2.45) is 0 Å². The molecule has 1 aliphatic heterocycles. The highest BCUT2D eigenvalue weighted by Gasteiger charge is 2.24. The maximum Gasteiger partial charge on any atom is 0.213 e. The van der Waals surface area contributed by atoms with Gasteiger partial charge in [0.15, 0.2) is 12.7 Å². The van der Waals surface area contributed by atoms with E-state index in [0.717, 1.165) is 6.54 Å². The molecule has 100 valence electrons. The highest BCUT2D eigenvalue weighted by atomic mass is 15.0. The summed E-state index contributed by atoms with van der Waals surface area (Å²) in [4.78, 5) is 0. The normalized spacial score (nSPS) is 12.4. The molecule has 0 bridgehead atoms. The molecule has 4 rings (SSSR count). The number of fused-ring (bicyclic) bond motifs is 3. The Labute approximate surface area is 124 Å². The number of rotatable bonds is 2. The lowest BCUT2D eigenvalue weighted by molar-refractivity contribution is -0.672. The molecular weight excluding hydrogens is 254 g/mol. The molecule has 1 nitrogen and oxygen atoms in total. The van der Waals surface area contributed by atoms with E-state index in [9.17, 15) is 0 Å². The third-order valence-corrected chi connectivity index (χ3v) is 3.95. The molecule has 0 saturated carbocycles. The minimum absolute atomic E-state index is 0.971. The van der Waals surface area contributed by atoms with Gasteiger partial charge in [-0.2, -0.15) is 4.57 Å². The Bertz CT molecular complexity index is 816. The largest absolute Gasteiger partial charge is 0.213 e. The Morgan fingerprint density at radius 3 is 2.48 bits per heavy atom. The number of benzene rings is 2. The van der Waals surface area contributed by atoms with E-state index < -0.39 is 0 Å². The van der Waals surface area contributed by atoms with Gasteiger partial charge in [-0.05, 0) is 29.3 Å². The quantitative estimate of drug-likeness (QED) is 0.380. The van der Waals surface area contributed by atoms with Crippen LogP contribution in [0.3, 0.4) is 0 Å². The van der Waals surface area contributed by atoms with Gasteiger partial charge in [-0.3, -0.25) is 0 Å². The van der Waals surface area contributed by atoms with E-state index in [1.165, 1.54) is 27.9 Å². The molecule has 0 fully saturated rings. The lowest BCUT2D eigenvalue weighted by atomic mass is 10.0. The van der Waals surface area contributed by atoms with Crippen LogP contribution in [0, 0.1) is 0 Å². The lowest BCUT2D eigenvalue weighted by Gasteiger charge is -1.98. The standard InChI is InChI=1S/C20H16N/c1-2-6-16(7-3-1)9-10-17-11-12-19-18(14-17)15-21-13-5-4-8-20(19)21/h1-14H,15H2/q+1/b10-9+. The van der Waals surface area contributed by atoms with E-state index in [2.05, 4.69) is 83.6 Å². The molecule has 0 unspecified atom stereocenters. The number of hydrogen-bond donors (Lipinski definition) is 0. The number of aromatic nitrogens is 1. The highest BCUT2D eigenvalue weighted by Crippen LogP contribution is 2.27. The molecule has 0 amide bonds. The monoisotopic (exact) mass is 270 g/mol. The van der Waals surface area contributed by atoms with Crippen molar-refractivity contribution in [2.45, 2.75) is 6.54 Å². The fourth-order valence-corrected chi connectivity index (χ4v) is 2.90. The Kier molecular flexibility index (Phi) is 2.89. The van der Waals surface area contributed by atoms with Crippen molar-refractivity contribution in [1.29, 1.82) is 0 Å². The van der Waals surface area contributed by atoms with Crippen molar-refractivity contribution in [2.75, 3.05) is 0 Å². The summed E-state index contributed by atoms with van der Waals surface area (Å²) in [6, 6.07) is 23.5. The zero-order valence-corrected chi connectivity index (χ0v) is 11.7. The van der Waals surface area contributed by atoms with Gasteiger partial charge < -0.3 is 0 Å². The van der Waals surface area contributed by atoms with Crippen molar-refractivity contribution >= 4 is 12.2 Å². The van der Waals surface area contributed by atoms with Crippen LogP contribution in [0.1, 0.15) is 16.7 Å². The van der Waals surface area contributed by atoms with E-state index in [1.54, 1.807) is 0 Å². The third kappa shape index (κ3) is 2.27. The second kappa shape index (κ2) is 5.02. The van der Waals surface area contributed by atoms with E-state index >= 15 is 0 Å². The minimum Gasteiger partial charge on any atom is -0.194 e. The maximum absolute atomic E-state index is 2.30. The lowest BCUT2D eigenvalue weighted by Crippen LogP contribution is -2.31. The molecule has 0 saturated heterocycles. The molecule has 2 heterocycles. The third-order valence-electron chi connectivity index (χ3n) is 3.95. The average Bonchev–Trinajstić information content (AvgIpc) is 2.91. The predicted molar refractivity (Wildman–Crippen MR) is 86.5 cm³/mol. The molecule has 0 atom stereocenters. The van der Waals surface area contributed by atoms with Crippen LogP contribution >= 0.6 is 0 Å². The minimum atomic E-state index is 0.971. The first-order chi connectivity index (χ1) is 10.4. The number of hydrogen-bond acceptors (Lipinski definition) is 0. The van der Waals surface area contributed by atoms with E-state index in [1.807, 2.05) is 6.07 Å². The van der Waals surface area contributed by atoms with Crippen LogP contribution in [0.5, 0.6) is 0 Å². The molecular formula is C20H16N+. The Hall–Kier alpha value is -2.67. The van der Waals surface area contributed by atoms with Gasteiger partial charge in [0.25, 0.3) is 0 Å². The van der Waals surface area contributed by atoms with Gasteiger partial charge >= 0.3 is 0 Å². The zero-order valence-electron chi connectivity index (χ0n) is 11.7. The van der Waals surface area contributed by atoms with Crippen LogP contribution in [0.25, 0.3) is 23.4 Å². The van der Waals surface area contributed by atoms with Gasteiger partial charge in [-0.25, -0.2) is 0 Å². The van der Waals surface area contributed by atoms with Gasteiger partial charge in [0.1, 0.15) is 0 Å². The number of nitrogens with zero attached hydrogens (tertiary/aromatic N) is 1. The Balaban J connectivity index is 1.66. The van der Waals surface area contributed by atoms with Gasteiger partial charge in [-0.15, -0.1) is 0 Å². The van der Waals surface area contributed by atoms with Gasteiger partial charge in [0.2, 0.25) is 5.69 Å². The van der Waals surface area contributed by atoms with E-state index in [-0.39, 0.29) is 0 Å². The Morgan fingerprint density at radius 2 is 1.57 bits per heavy atom. The molecule has 3 aromatic rings. The molecule has 21 heavy (non-hydrogen) atoms. The number of pyridine rings is 1. The summed E-state index contributed by atoms with van der Waals surface area (Å²) in [6.45, 7) is 0.971. The fraction of sp³-hybridized carbons (Fsp3) is 0.0500. The first-order valence-corrected chi connectivity index (χ1v) is 7.25. The van der Waals surface area contributed by atoms with Gasteiger partial charge in [-0.1, -0.05) is 48.6 Å². The van der Waals surface area contributed by atoms with Gasteiger partial charge in [0, 0.05) is 17.7 Å². The van der Waals surface area contributed by atoms with Crippen LogP contribution in [0.4, 0.5) is 0 Å². The van der Waals surface area contributed by atoms with Crippen LogP contribution < -0.4 is 4.57 Å². The average molecular weight is 270 g/mol. The van der Waals surface area contributed by atoms with Crippen LogP contribution in [0.15, 0.2) is 72.9 Å². The molecule has 1 aromatic heterocycles. The highest BCUT2D eigenvalue weighted by molar-refractivity contribution is 5.73. The van der Waals surface area contributed by atoms with E-state index in [0.29, 0.717) is 0 Å². The van der Waals surface area contributed by atoms with Crippen molar-refractivity contribution in [1.82, 2.24) is 0 Å². The first-order valence-electron chi connectivity index (χ1n) is 7.25. The SMILES string of the molecule is C(=C\c1ccc2c(c1)C[n+]1ccccc1-2)/c1ccccc1.